The molecule has 3 unspecified atom stereocenters. The van der Waals surface area contributed by atoms with Gasteiger partial charge in [0.25, 0.3) is 0 Å². The molecule has 0 aromatic heterocycles. The van der Waals surface area contributed by atoms with Crippen LogP contribution in [-0.2, 0) is 5.41 Å². The molecule has 0 aliphatic heterocycles. The molecule has 1 saturated carbocycles. The zero-order valence-corrected chi connectivity index (χ0v) is 13.2. The Bertz CT molecular complexity index is 422. The second-order valence-corrected chi connectivity index (χ2v) is 6.77. The minimum absolute atomic E-state index is 0.00427. The number of benzene rings is 1. The average molecular weight is 276 g/mol. The Morgan fingerprint density at radius 3 is 2.40 bits per heavy atom. The molecule has 2 nitrogen and oxygen atoms in total. The van der Waals surface area contributed by atoms with Crippen molar-refractivity contribution in [2.45, 2.75) is 58.5 Å². The third-order valence-corrected chi connectivity index (χ3v) is 4.92. The molecule has 0 radical (unpaired) electrons. The molecular formula is C18H28O2. The number of ether oxygens (including phenoxy) is 1. The van der Waals surface area contributed by atoms with Gasteiger partial charge in [0.2, 0.25) is 0 Å². The van der Waals surface area contributed by atoms with Gasteiger partial charge in [-0.05, 0) is 54.7 Å². The summed E-state index contributed by atoms with van der Waals surface area (Å²) in [4.78, 5) is 0. The van der Waals surface area contributed by atoms with E-state index in [0.29, 0.717) is 18.4 Å². The first kappa shape index (κ1) is 15.4. The van der Waals surface area contributed by atoms with Crippen LogP contribution in [0.5, 0.6) is 5.75 Å². The van der Waals surface area contributed by atoms with Crippen molar-refractivity contribution in [1.29, 1.82) is 0 Å². The minimum Gasteiger partial charge on any atom is -0.494 e. The van der Waals surface area contributed by atoms with Crippen LogP contribution in [0.3, 0.4) is 0 Å². The van der Waals surface area contributed by atoms with Crippen LogP contribution < -0.4 is 4.74 Å². The summed E-state index contributed by atoms with van der Waals surface area (Å²) in [6.45, 7) is 9.45. The summed E-state index contributed by atoms with van der Waals surface area (Å²) in [5, 5.41) is 10.5. The summed E-state index contributed by atoms with van der Waals surface area (Å²) in [6, 6.07) is 8.38. The van der Waals surface area contributed by atoms with Crippen molar-refractivity contribution >= 4 is 0 Å². The van der Waals surface area contributed by atoms with E-state index in [1.165, 1.54) is 12.0 Å². The van der Waals surface area contributed by atoms with Crippen molar-refractivity contribution in [2.24, 2.45) is 11.8 Å². The second-order valence-electron chi connectivity index (χ2n) is 6.77. The van der Waals surface area contributed by atoms with E-state index in [1.807, 2.05) is 19.1 Å². The van der Waals surface area contributed by atoms with Gasteiger partial charge in [-0.2, -0.15) is 0 Å². The van der Waals surface area contributed by atoms with Gasteiger partial charge in [0.05, 0.1) is 12.7 Å². The first-order chi connectivity index (χ1) is 9.45. The van der Waals surface area contributed by atoms with Gasteiger partial charge in [0.15, 0.2) is 0 Å². The number of hydrogen-bond acceptors (Lipinski definition) is 2. The monoisotopic (exact) mass is 276 g/mol. The van der Waals surface area contributed by atoms with Crippen molar-refractivity contribution < 1.29 is 9.84 Å². The second kappa shape index (κ2) is 6.17. The molecule has 0 amide bonds. The standard InChI is InChI=1S/C18H28O2/c1-5-20-15-9-7-14(8-10-15)18(3,4)16-11-6-13(2)12-17(16)19/h7-10,13,16-17,19H,5-6,11-12H2,1-4H3. The highest BCUT2D eigenvalue weighted by Crippen LogP contribution is 2.42. The van der Waals surface area contributed by atoms with E-state index < -0.39 is 0 Å². The maximum absolute atomic E-state index is 10.5. The Hall–Kier alpha value is -1.02. The average Bonchev–Trinajstić information content (AvgIpc) is 2.39. The number of hydrogen-bond donors (Lipinski definition) is 1. The highest BCUT2D eigenvalue weighted by atomic mass is 16.5. The van der Waals surface area contributed by atoms with Crippen LogP contribution in [0.25, 0.3) is 0 Å². The van der Waals surface area contributed by atoms with Gasteiger partial charge in [-0.15, -0.1) is 0 Å². The Labute approximate surface area is 123 Å². The van der Waals surface area contributed by atoms with Gasteiger partial charge in [0, 0.05) is 0 Å². The lowest BCUT2D eigenvalue weighted by atomic mass is 9.64. The Morgan fingerprint density at radius 1 is 1.20 bits per heavy atom. The molecule has 20 heavy (non-hydrogen) atoms. The number of aliphatic hydroxyl groups excluding tert-OH is 1. The van der Waals surface area contributed by atoms with E-state index in [-0.39, 0.29) is 11.5 Å². The molecule has 1 aromatic rings. The van der Waals surface area contributed by atoms with Gasteiger partial charge >= 0.3 is 0 Å². The predicted octanol–water partition coefficient (Wildman–Crippen LogP) is 4.16. The third kappa shape index (κ3) is 3.17. The zero-order valence-electron chi connectivity index (χ0n) is 13.2. The molecule has 112 valence electrons. The highest BCUT2D eigenvalue weighted by Gasteiger charge is 2.39. The minimum atomic E-state index is -0.180. The van der Waals surface area contributed by atoms with E-state index in [0.717, 1.165) is 18.6 Å². The highest BCUT2D eigenvalue weighted by molar-refractivity contribution is 5.32. The van der Waals surface area contributed by atoms with Crippen LogP contribution in [0.1, 0.15) is 52.5 Å². The maximum Gasteiger partial charge on any atom is 0.119 e. The van der Waals surface area contributed by atoms with Gasteiger partial charge in [-0.3, -0.25) is 0 Å². The summed E-state index contributed by atoms with van der Waals surface area (Å²) in [6.07, 6.45) is 3.09. The van der Waals surface area contributed by atoms with Crippen molar-refractivity contribution in [3.05, 3.63) is 29.8 Å². The first-order valence-electron chi connectivity index (χ1n) is 7.86. The molecule has 2 heteroatoms. The van der Waals surface area contributed by atoms with E-state index >= 15 is 0 Å². The van der Waals surface area contributed by atoms with Crippen LogP contribution >= 0.6 is 0 Å². The van der Waals surface area contributed by atoms with Crippen molar-refractivity contribution in [3.63, 3.8) is 0 Å². The quantitative estimate of drug-likeness (QED) is 0.894. The van der Waals surface area contributed by atoms with Crippen LogP contribution in [-0.4, -0.2) is 17.8 Å². The smallest absolute Gasteiger partial charge is 0.119 e. The zero-order chi connectivity index (χ0) is 14.8. The lowest BCUT2D eigenvalue weighted by Crippen LogP contribution is -2.41. The molecule has 0 spiro atoms. The van der Waals surface area contributed by atoms with Crippen LogP contribution in [0.2, 0.25) is 0 Å². The van der Waals surface area contributed by atoms with Crippen molar-refractivity contribution in [3.8, 4) is 5.75 Å². The molecule has 1 aliphatic rings. The summed E-state index contributed by atoms with van der Waals surface area (Å²) in [5.41, 5.74) is 1.30. The summed E-state index contributed by atoms with van der Waals surface area (Å²) < 4.78 is 5.50. The van der Waals surface area contributed by atoms with Crippen LogP contribution in [0, 0.1) is 11.8 Å². The van der Waals surface area contributed by atoms with E-state index in [1.54, 1.807) is 0 Å². The van der Waals surface area contributed by atoms with Gasteiger partial charge in [0.1, 0.15) is 5.75 Å². The fraction of sp³-hybridized carbons (Fsp3) is 0.667. The third-order valence-electron chi connectivity index (χ3n) is 4.92. The number of rotatable bonds is 4. The van der Waals surface area contributed by atoms with Crippen molar-refractivity contribution in [2.75, 3.05) is 6.61 Å². The largest absolute Gasteiger partial charge is 0.494 e. The van der Waals surface area contributed by atoms with Crippen LogP contribution in [0.4, 0.5) is 0 Å². The van der Waals surface area contributed by atoms with Crippen LogP contribution in [0.15, 0.2) is 24.3 Å². The molecule has 0 bridgehead atoms. The molecule has 1 N–H and O–H groups in total. The molecule has 0 saturated heterocycles. The van der Waals surface area contributed by atoms with Gasteiger partial charge < -0.3 is 9.84 Å². The first-order valence-corrected chi connectivity index (χ1v) is 7.86. The fourth-order valence-corrected chi connectivity index (χ4v) is 3.55. The fourth-order valence-electron chi connectivity index (χ4n) is 3.55. The Kier molecular flexibility index (Phi) is 4.74. The molecule has 1 aromatic carbocycles. The van der Waals surface area contributed by atoms with Gasteiger partial charge in [-0.25, -0.2) is 0 Å². The molecule has 1 aliphatic carbocycles. The number of aliphatic hydroxyl groups is 1. The molecule has 0 heterocycles. The molecule has 1 fully saturated rings. The van der Waals surface area contributed by atoms with E-state index in [9.17, 15) is 5.11 Å². The summed E-state index contributed by atoms with van der Waals surface area (Å²) >= 11 is 0. The lowest BCUT2D eigenvalue weighted by Gasteiger charge is -2.42. The topological polar surface area (TPSA) is 29.5 Å². The molecule has 3 atom stereocenters. The predicted molar refractivity (Wildman–Crippen MR) is 83.1 cm³/mol. The Balaban J connectivity index is 2.16. The lowest BCUT2D eigenvalue weighted by molar-refractivity contribution is 0.0143. The summed E-state index contributed by atoms with van der Waals surface area (Å²) in [5.74, 6) is 1.92. The Morgan fingerprint density at radius 2 is 1.85 bits per heavy atom. The summed E-state index contributed by atoms with van der Waals surface area (Å²) in [7, 11) is 0. The van der Waals surface area contributed by atoms with E-state index in [4.69, 9.17) is 4.74 Å². The normalized spacial score (nSPS) is 27.4. The SMILES string of the molecule is CCOc1ccc(C(C)(C)C2CCC(C)CC2O)cc1. The van der Waals surface area contributed by atoms with E-state index in [2.05, 4.69) is 32.9 Å². The maximum atomic E-state index is 10.5. The van der Waals surface area contributed by atoms with Gasteiger partial charge in [-0.1, -0.05) is 39.3 Å². The van der Waals surface area contributed by atoms with Crippen molar-refractivity contribution in [1.82, 2.24) is 0 Å². The molecule has 2 rings (SSSR count). The molecular weight excluding hydrogens is 248 g/mol.